The summed E-state index contributed by atoms with van der Waals surface area (Å²) in [6.07, 6.45) is 0.437. The van der Waals surface area contributed by atoms with E-state index in [1.54, 1.807) is 19.1 Å². The van der Waals surface area contributed by atoms with Crippen molar-refractivity contribution in [2.45, 2.75) is 38.8 Å². The van der Waals surface area contributed by atoms with Crippen LogP contribution in [0.25, 0.3) is 0 Å². The standard InChI is InChI=1S/C13H19ClFNO/c1-9(2)16-8-13(3,17)7-10-4-5-12(15)11(14)6-10/h4-6,9,16-17H,7-8H2,1-3H3. The van der Waals surface area contributed by atoms with E-state index >= 15 is 0 Å². The summed E-state index contributed by atoms with van der Waals surface area (Å²) in [4.78, 5) is 0. The fraction of sp³-hybridized carbons (Fsp3) is 0.538. The maximum Gasteiger partial charge on any atom is 0.141 e. The lowest BCUT2D eigenvalue weighted by molar-refractivity contribution is 0.0581. The smallest absolute Gasteiger partial charge is 0.141 e. The van der Waals surface area contributed by atoms with Crippen LogP contribution in [0, 0.1) is 5.82 Å². The number of benzene rings is 1. The topological polar surface area (TPSA) is 32.3 Å². The number of aliphatic hydroxyl groups is 1. The molecule has 0 bridgehead atoms. The van der Waals surface area contributed by atoms with Crippen LogP contribution in [0.1, 0.15) is 26.3 Å². The molecule has 1 rings (SSSR count). The lowest BCUT2D eigenvalue weighted by atomic mass is 9.96. The van der Waals surface area contributed by atoms with Crippen molar-refractivity contribution in [2.24, 2.45) is 0 Å². The zero-order chi connectivity index (χ0) is 13.1. The Morgan fingerprint density at radius 2 is 2.12 bits per heavy atom. The van der Waals surface area contributed by atoms with Crippen LogP contribution < -0.4 is 5.32 Å². The van der Waals surface area contributed by atoms with Gasteiger partial charge in [-0.1, -0.05) is 31.5 Å². The number of nitrogens with one attached hydrogen (secondary N) is 1. The minimum Gasteiger partial charge on any atom is -0.389 e. The van der Waals surface area contributed by atoms with Crippen LogP contribution in [0.4, 0.5) is 4.39 Å². The van der Waals surface area contributed by atoms with Crippen LogP contribution >= 0.6 is 11.6 Å². The van der Waals surface area contributed by atoms with Gasteiger partial charge in [-0.25, -0.2) is 4.39 Å². The monoisotopic (exact) mass is 259 g/mol. The largest absolute Gasteiger partial charge is 0.389 e. The van der Waals surface area contributed by atoms with Gasteiger partial charge in [0.05, 0.1) is 10.6 Å². The molecule has 1 atom stereocenters. The van der Waals surface area contributed by atoms with Gasteiger partial charge in [-0.05, 0) is 24.6 Å². The second-order valence-corrected chi connectivity index (χ2v) is 5.36. The van der Waals surface area contributed by atoms with E-state index in [1.807, 2.05) is 13.8 Å². The maximum absolute atomic E-state index is 13.0. The Morgan fingerprint density at radius 1 is 1.47 bits per heavy atom. The fourth-order valence-corrected chi connectivity index (χ4v) is 1.78. The first kappa shape index (κ1) is 14.4. The van der Waals surface area contributed by atoms with Gasteiger partial charge in [0.1, 0.15) is 5.82 Å². The summed E-state index contributed by atoms with van der Waals surface area (Å²) in [5, 5.41) is 13.4. The third kappa shape index (κ3) is 5.02. The fourth-order valence-electron chi connectivity index (χ4n) is 1.58. The summed E-state index contributed by atoms with van der Waals surface area (Å²) < 4.78 is 13.0. The Hall–Kier alpha value is -0.640. The van der Waals surface area contributed by atoms with E-state index in [9.17, 15) is 9.50 Å². The van der Waals surface area contributed by atoms with E-state index in [-0.39, 0.29) is 5.02 Å². The average molecular weight is 260 g/mol. The van der Waals surface area contributed by atoms with Gasteiger partial charge in [-0.3, -0.25) is 0 Å². The van der Waals surface area contributed by atoms with E-state index in [1.165, 1.54) is 6.07 Å². The first-order valence-electron chi connectivity index (χ1n) is 5.70. The minimum atomic E-state index is -0.870. The highest BCUT2D eigenvalue weighted by molar-refractivity contribution is 6.30. The van der Waals surface area contributed by atoms with Crippen LogP contribution in [0.15, 0.2) is 18.2 Å². The molecule has 0 spiro atoms. The molecular formula is C13H19ClFNO. The molecule has 1 aromatic carbocycles. The summed E-state index contributed by atoms with van der Waals surface area (Å²) in [5.41, 5.74) is -0.0437. The van der Waals surface area contributed by atoms with Gasteiger partial charge in [0.15, 0.2) is 0 Å². The molecule has 0 aliphatic heterocycles. The van der Waals surface area contributed by atoms with Gasteiger partial charge in [0.2, 0.25) is 0 Å². The summed E-state index contributed by atoms with van der Waals surface area (Å²) in [6.45, 7) is 6.27. The predicted molar refractivity (Wildman–Crippen MR) is 68.9 cm³/mol. The summed E-state index contributed by atoms with van der Waals surface area (Å²) in [7, 11) is 0. The van der Waals surface area contributed by atoms with Crippen LogP contribution in [-0.4, -0.2) is 23.3 Å². The summed E-state index contributed by atoms with van der Waals surface area (Å²) in [6, 6.07) is 4.84. The molecule has 2 N–H and O–H groups in total. The van der Waals surface area contributed by atoms with Crippen molar-refractivity contribution in [3.63, 3.8) is 0 Å². The first-order chi connectivity index (χ1) is 7.80. The zero-order valence-corrected chi connectivity index (χ0v) is 11.2. The summed E-state index contributed by atoms with van der Waals surface area (Å²) in [5.74, 6) is -0.435. The van der Waals surface area contributed by atoms with Crippen LogP contribution in [0.5, 0.6) is 0 Å². The molecule has 2 nitrogen and oxygen atoms in total. The highest BCUT2D eigenvalue weighted by atomic mass is 35.5. The number of hydrogen-bond donors (Lipinski definition) is 2. The lowest BCUT2D eigenvalue weighted by Gasteiger charge is -2.25. The van der Waals surface area contributed by atoms with E-state index in [0.29, 0.717) is 19.0 Å². The van der Waals surface area contributed by atoms with E-state index in [0.717, 1.165) is 5.56 Å². The second kappa shape index (κ2) is 5.80. The summed E-state index contributed by atoms with van der Waals surface area (Å²) >= 11 is 5.70. The highest BCUT2D eigenvalue weighted by Crippen LogP contribution is 2.19. The molecule has 0 saturated heterocycles. The third-order valence-corrected chi connectivity index (χ3v) is 2.75. The average Bonchev–Trinajstić information content (AvgIpc) is 2.21. The van der Waals surface area contributed by atoms with E-state index in [4.69, 9.17) is 11.6 Å². The van der Waals surface area contributed by atoms with Crippen molar-refractivity contribution in [2.75, 3.05) is 6.54 Å². The quantitative estimate of drug-likeness (QED) is 0.852. The second-order valence-electron chi connectivity index (χ2n) is 4.96. The minimum absolute atomic E-state index is 0.0927. The number of hydrogen-bond acceptors (Lipinski definition) is 2. The molecule has 0 aliphatic carbocycles. The molecule has 0 amide bonds. The van der Waals surface area contributed by atoms with Crippen LogP contribution in [-0.2, 0) is 6.42 Å². The van der Waals surface area contributed by atoms with E-state index in [2.05, 4.69) is 5.32 Å². The van der Waals surface area contributed by atoms with Crippen LogP contribution in [0.3, 0.4) is 0 Å². The van der Waals surface area contributed by atoms with Gasteiger partial charge in [-0.2, -0.15) is 0 Å². The van der Waals surface area contributed by atoms with Crippen molar-refractivity contribution in [3.8, 4) is 0 Å². The third-order valence-electron chi connectivity index (χ3n) is 2.46. The highest BCUT2D eigenvalue weighted by Gasteiger charge is 2.21. The van der Waals surface area contributed by atoms with Crippen molar-refractivity contribution >= 4 is 11.6 Å². The predicted octanol–water partition coefficient (Wildman–Crippen LogP) is 2.77. The molecule has 96 valence electrons. The number of rotatable bonds is 5. The van der Waals surface area contributed by atoms with Gasteiger partial charge >= 0.3 is 0 Å². The Bertz CT molecular complexity index is 380. The normalized spacial score (nSPS) is 15.0. The van der Waals surface area contributed by atoms with Gasteiger partial charge < -0.3 is 10.4 Å². The Labute approximate surface area is 107 Å². The molecule has 0 aromatic heterocycles. The molecule has 1 unspecified atom stereocenters. The van der Waals surface area contributed by atoms with Crippen LogP contribution in [0.2, 0.25) is 5.02 Å². The first-order valence-corrected chi connectivity index (χ1v) is 6.08. The SMILES string of the molecule is CC(C)NCC(C)(O)Cc1ccc(F)c(Cl)c1. The van der Waals surface area contributed by atoms with Gasteiger partial charge in [0, 0.05) is 19.0 Å². The molecule has 17 heavy (non-hydrogen) atoms. The van der Waals surface area contributed by atoms with E-state index < -0.39 is 11.4 Å². The molecule has 0 radical (unpaired) electrons. The Balaban J connectivity index is 2.65. The molecule has 0 fully saturated rings. The molecule has 0 aliphatic rings. The van der Waals surface area contributed by atoms with Crippen molar-refractivity contribution in [3.05, 3.63) is 34.6 Å². The maximum atomic E-state index is 13.0. The Kier molecular flexibility index (Phi) is 4.92. The molecule has 0 heterocycles. The van der Waals surface area contributed by atoms with Gasteiger partial charge in [-0.15, -0.1) is 0 Å². The number of halogens is 2. The lowest BCUT2D eigenvalue weighted by Crippen LogP contribution is -2.42. The van der Waals surface area contributed by atoms with Crippen molar-refractivity contribution in [1.29, 1.82) is 0 Å². The molecular weight excluding hydrogens is 241 g/mol. The van der Waals surface area contributed by atoms with Crippen molar-refractivity contribution < 1.29 is 9.50 Å². The molecule has 4 heteroatoms. The van der Waals surface area contributed by atoms with Gasteiger partial charge in [0.25, 0.3) is 0 Å². The Morgan fingerprint density at radius 3 is 2.65 bits per heavy atom. The zero-order valence-electron chi connectivity index (χ0n) is 10.4. The molecule has 0 saturated carbocycles. The molecule has 1 aromatic rings. The van der Waals surface area contributed by atoms with Crippen molar-refractivity contribution in [1.82, 2.24) is 5.32 Å².